The zero-order valence-corrected chi connectivity index (χ0v) is 23.9. The largest absolute Gasteiger partial charge is 0.473 e. The first-order valence-electron chi connectivity index (χ1n) is 12.7. The lowest BCUT2D eigenvalue weighted by atomic mass is 9.99. The van der Waals surface area contributed by atoms with Crippen LogP contribution in [0.5, 0.6) is 0 Å². The number of rotatable bonds is 2. The number of nitrogen functional groups attached to an aromatic ring is 2. The minimum atomic E-state index is -5.19. The van der Waals surface area contributed by atoms with Gasteiger partial charge in [-0.3, -0.25) is 27.2 Å². The van der Waals surface area contributed by atoms with Crippen LogP contribution >= 0.6 is 15.6 Å². The summed E-state index contributed by atoms with van der Waals surface area (Å²) >= 11 is 0. The van der Waals surface area contributed by atoms with Gasteiger partial charge >= 0.3 is 15.6 Å². The lowest BCUT2D eigenvalue weighted by molar-refractivity contribution is -0.236. The third kappa shape index (κ3) is 4.85. The van der Waals surface area contributed by atoms with Crippen LogP contribution in [-0.4, -0.2) is 109 Å². The molecule has 4 aromatic rings. The predicted octanol–water partition coefficient (Wildman–Crippen LogP) is -1.85. The molecule has 0 aromatic carbocycles. The third-order valence-electron chi connectivity index (χ3n) is 7.31. The van der Waals surface area contributed by atoms with E-state index in [1.165, 1.54) is 10.9 Å². The molecule has 0 radical (unpaired) electrons. The number of hydrogen-bond acceptors (Lipinski definition) is 18. The van der Waals surface area contributed by atoms with Crippen LogP contribution in [0.25, 0.3) is 22.3 Å². The average molecular weight is 658 g/mol. The van der Waals surface area contributed by atoms with Gasteiger partial charge in [0.2, 0.25) is 0 Å². The molecule has 7 rings (SSSR count). The Morgan fingerprint density at radius 2 is 1.55 bits per heavy atom. The minimum Gasteiger partial charge on any atom is -0.386 e. The van der Waals surface area contributed by atoms with Crippen LogP contribution in [0.3, 0.4) is 0 Å². The maximum absolute atomic E-state index is 13.4. The molecule has 8 N–H and O–H groups in total. The molecule has 3 aliphatic heterocycles. The van der Waals surface area contributed by atoms with Crippen molar-refractivity contribution >= 4 is 49.6 Å². The van der Waals surface area contributed by atoms with E-state index in [0.29, 0.717) is 0 Å². The number of hydrogen-bond donors (Lipinski definition) is 6. The molecule has 24 heteroatoms. The molecule has 0 saturated carbocycles. The molecule has 0 aliphatic carbocycles. The topological polar surface area (TPSA) is 310 Å². The molecule has 22 nitrogen and oxygen atoms in total. The molecule has 0 bridgehead atoms. The standard InChI is InChI=1S/C20H24N10O12P2/c21-15-10-17(25-4-23-15)29(6-27-10)19-12(31)13-8(39-19)2-38-43(33,34)42-14-9(40-44(35,36)41-13)1-37-3-20(14,32)30-7-28-11-16(22)24-5-26-18(11)30/h4-9,12-14,19,31-32H,1-3H2,(H,33,34)(H,35,36)(H2,21,23,25)(H2,22,24,26)/t8-,9-,12?,13?,14?,19-,20?/m1/s1. The van der Waals surface area contributed by atoms with Crippen LogP contribution in [0.2, 0.25) is 0 Å². The first-order chi connectivity index (χ1) is 20.9. The second-order valence-corrected chi connectivity index (χ2v) is 12.8. The SMILES string of the molecule is Nc1ncnc2c1ncn2[C@@H]1O[C@@H]2COP(=O)(O)OC3[C@@H](COCC3(O)n3cnc4c(N)ncnc43)OP(=O)(O)OC2C1O. The fourth-order valence-corrected chi connectivity index (χ4v) is 7.45. The Labute approximate surface area is 244 Å². The summed E-state index contributed by atoms with van der Waals surface area (Å²) in [5, 5.41) is 23.0. The van der Waals surface area contributed by atoms with E-state index < -0.39 is 77.9 Å². The van der Waals surface area contributed by atoms with Crippen molar-refractivity contribution in [2.24, 2.45) is 0 Å². The van der Waals surface area contributed by atoms with Crippen molar-refractivity contribution in [3.8, 4) is 0 Å². The highest BCUT2D eigenvalue weighted by molar-refractivity contribution is 7.47. The van der Waals surface area contributed by atoms with Crippen molar-refractivity contribution in [2.45, 2.75) is 42.5 Å². The molecule has 4 aromatic heterocycles. The molecule has 0 spiro atoms. The summed E-state index contributed by atoms with van der Waals surface area (Å²) in [6.07, 6.45) is -5.18. The van der Waals surface area contributed by atoms with Crippen molar-refractivity contribution in [2.75, 3.05) is 31.3 Å². The molecule has 3 saturated heterocycles. The second kappa shape index (κ2) is 10.4. The summed E-state index contributed by atoms with van der Waals surface area (Å²) in [7, 11) is -10.3. The van der Waals surface area contributed by atoms with Crippen LogP contribution < -0.4 is 11.5 Å². The van der Waals surface area contributed by atoms with Gasteiger partial charge in [0.1, 0.15) is 54.2 Å². The smallest absolute Gasteiger partial charge is 0.386 e. The number of ether oxygens (including phenoxy) is 2. The fraction of sp³-hybridized carbons (Fsp3) is 0.500. The molecule has 3 fully saturated rings. The van der Waals surface area contributed by atoms with E-state index in [1.807, 2.05) is 0 Å². The highest BCUT2D eigenvalue weighted by Crippen LogP contribution is 2.55. The van der Waals surface area contributed by atoms with Gasteiger partial charge < -0.3 is 40.9 Å². The highest BCUT2D eigenvalue weighted by Gasteiger charge is 2.57. The minimum absolute atomic E-state index is 0.0181. The monoisotopic (exact) mass is 658 g/mol. The number of aliphatic hydroxyl groups is 2. The second-order valence-electron chi connectivity index (χ2n) is 10.1. The zero-order chi connectivity index (χ0) is 31.0. The van der Waals surface area contributed by atoms with Gasteiger partial charge in [-0.2, -0.15) is 0 Å². The predicted molar refractivity (Wildman–Crippen MR) is 141 cm³/mol. The van der Waals surface area contributed by atoms with Gasteiger partial charge in [-0.05, 0) is 0 Å². The molecule has 3 aliphatic rings. The molecule has 44 heavy (non-hydrogen) atoms. The maximum Gasteiger partial charge on any atom is 0.473 e. The number of phosphoric ester groups is 2. The Balaban J connectivity index is 1.23. The quantitative estimate of drug-likeness (QED) is 0.129. The summed E-state index contributed by atoms with van der Waals surface area (Å²) in [6, 6.07) is 0. The fourth-order valence-electron chi connectivity index (χ4n) is 5.33. The average Bonchev–Trinajstić information content (AvgIpc) is 3.67. The van der Waals surface area contributed by atoms with E-state index in [9.17, 15) is 29.1 Å². The van der Waals surface area contributed by atoms with Gasteiger partial charge in [-0.1, -0.05) is 0 Å². The molecule has 9 atom stereocenters. The summed E-state index contributed by atoms with van der Waals surface area (Å²) in [5.41, 5.74) is 9.67. The number of fused-ring (bicyclic) bond motifs is 4. The lowest BCUT2D eigenvalue weighted by Gasteiger charge is -2.43. The van der Waals surface area contributed by atoms with Gasteiger partial charge in [-0.25, -0.2) is 39.0 Å². The Morgan fingerprint density at radius 3 is 2.30 bits per heavy atom. The van der Waals surface area contributed by atoms with E-state index in [-0.39, 0.29) is 34.0 Å². The molecular weight excluding hydrogens is 634 g/mol. The number of aromatic nitrogens is 8. The summed E-state index contributed by atoms with van der Waals surface area (Å²) < 4.78 is 61.5. The van der Waals surface area contributed by atoms with E-state index in [4.69, 9.17) is 39.0 Å². The van der Waals surface area contributed by atoms with Gasteiger partial charge in [0, 0.05) is 0 Å². The maximum atomic E-state index is 13.4. The first-order valence-corrected chi connectivity index (χ1v) is 15.7. The van der Waals surface area contributed by atoms with Gasteiger partial charge in [0.25, 0.3) is 0 Å². The summed E-state index contributed by atoms with van der Waals surface area (Å²) in [4.78, 5) is 45.6. The molecule has 0 amide bonds. The van der Waals surface area contributed by atoms with Crippen LogP contribution in [0.15, 0.2) is 25.3 Å². The van der Waals surface area contributed by atoms with E-state index >= 15 is 0 Å². The number of aliphatic hydroxyl groups excluding tert-OH is 1. The Hall–Kier alpha value is -3.24. The Morgan fingerprint density at radius 1 is 0.864 bits per heavy atom. The van der Waals surface area contributed by atoms with Crippen LogP contribution in [0.4, 0.5) is 11.6 Å². The van der Waals surface area contributed by atoms with Gasteiger partial charge in [0.05, 0.1) is 32.5 Å². The van der Waals surface area contributed by atoms with E-state index in [1.54, 1.807) is 0 Å². The lowest BCUT2D eigenvalue weighted by Crippen LogP contribution is -2.60. The normalized spacial score (nSPS) is 38.3. The highest BCUT2D eigenvalue weighted by atomic mass is 31.2. The Bertz CT molecular complexity index is 1840. The third-order valence-corrected chi connectivity index (χ3v) is 9.33. The van der Waals surface area contributed by atoms with Gasteiger partial charge in [0.15, 0.2) is 34.9 Å². The molecular formula is C20H24N10O12P2. The summed E-state index contributed by atoms with van der Waals surface area (Å²) in [6.45, 7) is -1.88. The van der Waals surface area contributed by atoms with Crippen molar-refractivity contribution < 1.29 is 56.7 Å². The Kier molecular flexibility index (Phi) is 6.97. The molecule has 6 unspecified atom stereocenters. The number of phosphoric acid groups is 2. The number of nitrogens with zero attached hydrogens (tertiary/aromatic N) is 8. The molecule has 236 valence electrons. The van der Waals surface area contributed by atoms with Gasteiger partial charge in [-0.15, -0.1) is 0 Å². The van der Waals surface area contributed by atoms with Crippen molar-refractivity contribution in [1.82, 2.24) is 39.0 Å². The van der Waals surface area contributed by atoms with Crippen LogP contribution in [-0.2, 0) is 42.4 Å². The molecule has 7 heterocycles. The number of anilines is 2. The number of imidazole rings is 2. The van der Waals surface area contributed by atoms with E-state index in [0.717, 1.165) is 23.5 Å². The van der Waals surface area contributed by atoms with Crippen molar-refractivity contribution in [1.29, 1.82) is 0 Å². The van der Waals surface area contributed by atoms with Crippen LogP contribution in [0, 0.1) is 0 Å². The van der Waals surface area contributed by atoms with Crippen molar-refractivity contribution in [3.63, 3.8) is 0 Å². The summed E-state index contributed by atoms with van der Waals surface area (Å²) in [5.74, 6) is 0.0178. The zero-order valence-electron chi connectivity index (χ0n) is 22.1. The van der Waals surface area contributed by atoms with Crippen LogP contribution in [0.1, 0.15) is 6.23 Å². The van der Waals surface area contributed by atoms with E-state index in [2.05, 4.69) is 29.9 Å². The first kappa shape index (κ1) is 29.5. The van der Waals surface area contributed by atoms with Crippen molar-refractivity contribution in [3.05, 3.63) is 25.3 Å². The number of nitrogens with two attached hydrogens (primary N) is 2.